The molecule has 1 aliphatic carbocycles. The molecule has 0 aromatic carbocycles. The minimum absolute atomic E-state index is 0.0843. The highest BCUT2D eigenvalue weighted by Crippen LogP contribution is 2.28. The lowest BCUT2D eigenvalue weighted by Crippen LogP contribution is -2.44. The lowest BCUT2D eigenvalue weighted by molar-refractivity contribution is 0.0587. The molecule has 1 aromatic rings. The second-order valence-corrected chi connectivity index (χ2v) is 5.63. The molecule has 1 aromatic heterocycles. The molecular weight excluding hydrogens is 208 g/mol. The molecule has 0 aliphatic heterocycles. The van der Waals surface area contributed by atoms with E-state index >= 15 is 0 Å². The number of aromatic nitrogens is 1. The third-order valence-electron chi connectivity index (χ3n) is 2.93. The van der Waals surface area contributed by atoms with Crippen LogP contribution in [0.4, 0.5) is 0 Å². The maximum atomic E-state index is 9.21. The van der Waals surface area contributed by atoms with Gasteiger partial charge < -0.3 is 10.4 Å². The second kappa shape index (κ2) is 4.20. The Balaban J connectivity index is 1.95. The van der Waals surface area contributed by atoms with Crippen molar-refractivity contribution in [3.8, 4) is 0 Å². The number of aliphatic hydroxyl groups excluding tert-OH is 1. The number of aliphatic hydroxyl groups is 1. The van der Waals surface area contributed by atoms with Crippen molar-refractivity contribution in [2.24, 2.45) is 0 Å². The molecule has 1 atom stereocenters. The Hall–Kier alpha value is -0.450. The normalized spacial score (nSPS) is 27.5. The summed E-state index contributed by atoms with van der Waals surface area (Å²) in [4.78, 5) is 5.76. The molecule has 1 aliphatic rings. The first-order chi connectivity index (χ1) is 7.06. The van der Waals surface area contributed by atoms with E-state index in [1.165, 1.54) is 4.88 Å². The second-order valence-electron chi connectivity index (χ2n) is 4.39. The summed E-state index contributed by atoms with van der Waals surface area (Å²) in [7, 11) is 0. The van der Waals surface area contributed by atoms with Crippen LogP contribution in [0.25, 0.3) is 0 Å². The summed E-state index contributed by atoms with van der Waals surface area (Å²) < 4.78 is 0. The molecule has 0 spiro atoms. The van der Waals surface area contributed by atoms with E-state index in [0.717, 1.165) is 23.5 Å². The number of hydrogen-bond donors (Lipinski definition) is 2. The highest BCUT2D eigenvalue weighted by Gasteiger charge is 2.28. The Morgan fingerprint density at radius 1 is 1.47 bits per heavy atom. The third-order valence-corrected chi connectivity index (χ3v) is 4.19. The molecule has 84 valence electrons. The molecule has 4 heteroatoms. The van der Waals surface area contributed by atoms with Crippen LogP contribution >= 0.6 is 11.3 Å². The van der Waals surface area contributed by atoms with E-state index in [-0.39, 0.29) is 6.10 Å². The highest BCUT2D eigenvalue weighted by molar-refractivity contribution is 7.11. The van der Waals surface area contributed by atoms with Gasteiger partial charge in [0.25, 0.3) is 0 Å². The summed E-state index contributed by atoms with van der Waals surface area (Å²) in [6.45, 7) is 6.28. The smallest absolute Gasteiger partial charge is 0.0900 e. The van der Waals surface area contributed by atoms with Gasteiger partial charge in [0.1, 0.15) is 0 Å². The minimum atomic E-state index is -0.0843. The Labute approximate surface area is 94.5 Å². The quantitative estimate of drug-likeness (QED) is 0.828. The molecular formula is C11H18N2OS. The molecule has 2 rings (SSSR count). The van der Waals surface area contributed by atoms with Crippen molar-refractivity contribution in [1.29, 1.82) is 0 Å². The molecule has 1 fully saturated rings. The number of aryl methyl sites for hydroxylation is 2. The summed E-state index contributed by atoms with van der Waals surface area (Å²) in [6.07, 6.45) is 1.70. The lowest BCUT2D eigenvalue weighted by Gasteiger charge is -2.34. The topological polar surface area (TPSA) is 45.2 Å². The van der Waals surface area contributed by atoms with Gasteiger partial charge in [0.2, 0.25) is 0 Å². The maximum absolute atomic E-state index is 9.21. The van der Waals surface area contributed by atoms with E-state index in [4.69, 9.17) is 0 Å². The lowest BCUT2D eigenvalue weighted by atomic mass is 9.89. The number of nitrogens with zero attached hydrogens (tertiary/aromatic N) is 1. The number of nitrogens with one attached hydrogen (secondary N) is 1. The van der Waals surface area contributed by atoms with Crippen LogP contribution in [0.15, 0.2) is 0 Å². The van der Waals surface area contributed by atoms with Gasteiger partial charge in [-0.2, -0.15) is 0 Å². The van der Waals surface area contributed by atoms with E-state index in [2.05, 4.69) is 24.1 Å². The fourth-order valence-corrected chi connectivity index (χ4v) is 3.04. The van der Waals surface area contributed by atoms with Gasteiger partial charge in [0.15, 0.2) is 0 Å². The van der Waals surface area contributed by atoms with E-state index in [1.807, 2.05) is 6.92 Å². The Morgan fingerprint density at radius 2 is 2.13 bits per heavy atom. The Bertz CT molecular complexity index is 344. The largest absolute Gasteiger partial charge is 0.393 e. The van der Waals surface area contributed by atoms with Crippen LogP contribution in [-0.2, 0) is 0 Å². The summed E-state index contributed by atoms with van der Waals surface area (Å²) >= 11 is 1.76. The molecule has 3 nitrogen and oxygen atoms in total. The van der Waals surface area contributed by atoms with E-state index in [0.29, 0.717) is 12.1 Å². The van der Waals surface area contributed by atoms with Crippen LogP contribution in [0.1, 0.15) is 41.4 Å². The van der Waals surface area contributed by atoms with Gasteiger partial charge in [-0.1, -0.05) is 0 Å². The van der Waals surface area contributed by atoms with Gasteiger partial charge >= 0.3 is 0 Å². The summed E-state index contributed by atoms with van der Waals surface area (Å²) in [6, 6.07) is 0.838. The zero-order chi connectivity index (χ0) is 11.0. The number of rotatable bonds is 3. The zero-order valence-corrected chi connectivity index (χ0v) is 10.3. The van der Waals surface area contributed by atoms with Crippen LogP contribution in [0.5, 0.6) is 0 Å². The van der Waals surface area contributed by atoms with Crippen LogP contribution in [0.2, 0.25) is 0 Å². The molecule has 2 N–H and O–H groups in total. The average Bonchev–Trinajstić information content (AvgIpc) is 2.42. The van der Waals surface area contributed by atoms with Crippen LogP contribution in [0, 0.1) is 13.8 Å². The van der Waals surface area contributed by atoms with Gasteiger partial charge in [0.05, 0.1) is 16.8 Å². The van der Waals surface area contributed by atoms with Crippen molar-refractivity contribution in [2.75, 3.05) is 0 Å². The average molecular weight is 226 g/mol. The van der Waals surface area contributed by atoms with Crippen LogP contribution in [-0.4, -0.2) is 22.2 Å². The summed E-state index contributed by atoms with van der Waals surface area (Å²) in [5.74, 6) is 0. The predicted octanol–water partition coefficient (Wildman–Crippen LogP) is 1.93. The Morgan fingerprint density at radius 3 is 2.60 bits per heavy atom. The molecule has 1 unspecified atom stereocenters. The van der Waals surface area contributed by atoms with Gasteiger partial charge in [-0.05, 0) is 33.6 Å². The molecule has 1 heterocycles. The van der Waals surface area contributed by atoms with Gasteiger partial charge in [-0.3, -0.25) is 0 Å². The molecule has 15 heavy (non-hydrogen) atoms. The van der Waals surface area contributed by atoms with Gasteiger partial charge in [-0.25, -0.2) is 4.98 Å². The van der Waals surface area contributed by atoms with E-state index in [9.17, 15) is 5.11 Å². The number of hydrogen-bond acceptors (Lipinski definition) is 4. The van der Waals surface area contributed by atoms with Crippen molar-refractivity contribution in [2.45, 2.75) is 51.8 Å². The van der Waals surface area contributed by atoms with Crippen molar-refractivity contribution >= 4 is 11.3 Å². The van der Waals surface area contributed by atoms with Gasteiger partial charge in [-0.15, -0.1) is 11.3 Å². The van der Waals surface area contributed by atoms with Crippen molar-refractivity contribution < 1.29 is 5.11 Å². The fourth-order valence-electron chi connectivity index (χ4n) is 2.10. The molecule has 1 saturated carbocycles. The maximum Gasteiger partial charge on any atom is 0.0900 e. The first-order valence-corrected chi connectivity index (χ1v) is 6.26. The molecule has 0 bridgehead atoms. The van der Waals surface area contributed by atoms with E-state index in [1.54, 1.807) is 11.3 Å². The zero-order valence-electron chi connectivity index (χ0n) is 9.45. The van der Waals surface area contributed by atoms with E-state index < -0.39 is 0 Å². The van der Waals surface area contributed by atoms with Gasteiger partial charge in [0, 0.05) is 17.0 Å². The highest BCUT2D eigenvalue weighted by atomic mass is 32.1. The molecule has 0 saturated heterocycles. The van der Waals surface area contributed by atoms with Crippen molar-refractivity contribution in [1.82, 2.24) is 10.3 Å². The minimum Gasteiger partial charge on any atom is -0.393 e. The summed E-state index contributed by atoms with van der Waals surface area (Å²) in [5, 5.41) is 13.9. The summed E-state index contributed by atoms with van der Waals surface area (Å²) in [5.41, 5.74) is 1.14. The predicted molar refractivity (Wildman–Crippen MR) is 62.2 cm³/mol. The van der Waals surface area contributed by atoms with Crippen molar-refractivity contribution in [3.05, 3.63) is 15.6 Å². The first kappa shape index (κ1) is 11.0. The SMILES string of the molecule is Cc1nc(C)c(C(C)NC2CC(O)C2)s1. The standard InChI is InChI=1S/C11H18N2OS/c1-6-11(15-8(3)12-6)7(2)13-9-4-10(14)5-9/h7,9-10,13-14H,4-5H2,1-3H3. The van der Waals surface area contributed by atoms with Crippen molar-refractivity contribution in [3.63, 3.8) is 0 Å². The number of thiazole rings is 1. The first-order valence-electron chi connectivity index (χ1n) is 5.44. The fraction of sp³-hybridized carbons (Fsp3) is 0.727. The third kappa shape index (κ3) is 2.38. The monoisotopic (exact) mass is 226 g/mol. The molecule has 0 amide bonds. The van der Waals surface area contributed by atoms with Crippen LogP contribution in [0.3, 0.4) is 0 Å². The Kier molecular flexibility index (Phi) is 3.09. The van der Waals surface area contributed by atoms with Crippen LogP contribution < -0.4 is 5.32 Å². The molecule has 0 radical (unpaired) electrons.